The van der Waals surface area contributed by atoms with E-state index in [-0.39, 0.29) is 18.1 Å². The number of carbonyl (C=O) groups excluding carboxylic acids is 1. The van der Waals surface area contributed by atoms with Crippen molar-refractivity contribution in [2.45, 2.75) is 6.42 Å². The SMILES string of the molecule is C=C(/C=C/C1=Nc2ccccc2C(=O)C1)c1nc2ccccc2c(=O)o1. The van der Waals surface area contributed by atoms with Gasteiger partial charge in [0.25, 0.3) is 0 Å². The van der Waals surface area contributed by atoms with Crippen molar-refractivity contribution in [2.24, 2.45) is 4.99 Å². The number of allylic oxidation sites excluding steroid dienone is 3. The van der Waals surface area contributed by atoms with Gasteiger partial charge in [0.05, 0.1) is 23.0 Å². The molecular formula is C21H14N2O3. The maximum Gasteiger partial charge on any atom is 0.347 e. The van der Waals surface area contributed by atoms with Crippen LogP contribution in [0.4, 0.5) is 5.69 Å². The molecule has 0 fully saturated rings. The summed E-state index contributed by atoms with van der Waals surface area (Å²) in [6.45, 7) is 3.90. The van der Waals surface area contributed by atoms with Crippen LogP contribution in [0.2, 0.25) is 0 Å². The van der Waals surface area contributed by atoms with Crippen LogP contribution in [-0.4, -0.2) is 16.5 Å². The van der Waals surface area contributed by atoms with Gasteiger partial charge in [-0.15, -0.1) is 0 Å². The Labute approximate surface area is 149 Å². The van der Waals surface area contributed by atoms with Gasteiger partial charge in [0, 0.05) is 16.8 Å². The molecule has 0 saturated carbocycles. The number of hydrogen-bond donors (Lipinski definition) is 0. The Kier molecular flexibility index (Phi) is 3.89. The lowest BCUT2D eigenvalue weighted by Crippen LogP contribution is -2.11. The van der Waals surface area contributed by atoms with E-state index >= 15 is 0 Å². The van der Waals surface area contributed by atoms with Crippen LogP contribution in [0.3, 0.4) is 0 Å². The number of hydrogen-bond acceptors (Lipinski definition) is 5. The topological polar surface area (TPSA) is 72.5 Å². The van der Waals surface area contributed by atoms with Crippen molar-refractivity contribution in [3.05, 3.63) is 89.1 Å². The van der Waals surface area contributed by atoms with Crippen molar-refractivity contribution >= 4 is 33.7 Å². The number of aliphatic imine (C=N–C) groups is 1. The van der Waals surface area contributed by atoms with Crippen molar-refractivity contribution in [1.82, 2.24) is 4.98 Å². The number of carbonyl (C=O) groups is 1. The average molecular weight is 342 g/mol. The van der Waals surface area contributed by atoms with Crippen molar-refractivity contribution < 1.29 is 9.21 Å². The van der Waals surface area contributed by atoms with Crippen LogP contribution in [0.5, 0.6) is 0 Å². The zero-order valence-corrected chi connectivity index (χ0v) is 13.8. The van der Waals surface area contributed by atoms with Crippen LogP contribution in [-0.2, 0) is 0 Å². The van der Waals surface area contributed by atoms with Gasteiger partial charge in [-0.1, -0.05) is 30.8 Å². The van der Waals surface area contributed by atoms with Gasteiger partial charge in [-0.05, 0) is 36.4 Å². The van der Waals surface area contributed by atoms with Gasteiger partial charge < -0.3 is 4.42 Å². The zero-order chi connectivity index (χ0) is 18.1. The third kappa shape index (κ3) is 2.91. The number of benzene rings is 2. The summed E-state index contributed by atoms with van der Waals surface area (Å²) in [4.78, 5) is 33.1. The number of fused-ring (bicyclic) bond motifs is 2. The van der Waals surface area contributed by atoms with Crippen molar-refractivity contribution in [2.75, 3.05) is 0 Å². The minimum absolute atomic E-state index is 0.0243. The van der Waals surface area contributed by atoms with E-state index in [0.717, 1.165) is 0 Å². The highest BCUT2D eigenvalue weighted by atomic mass is 16.4. The minimum Gasteiger partial charge on any atom is -0.403 e. The average Bonchev–Trinajstić information content (AvgIpc) is 2.66. The van der Waals surface area contributed by atoms with Crippen molar-refractivity contribution in [1.29, 1.82) is 0 Å². The van der Waals surface area contributed by atoms with Gasteiger partial charge in [-0.3, -0.25) is 9.79 Å². The molecule has 0 amide bonds. The summed E-state index contributed by atoms with van der Waals surface area (Å²) in [5, 5.41) is 0.423. The predicted molar refractivity (Wildman–Crippen MR) is 101 cm³/mol. The molecule has 1 aliphatic rings. The quantitative estimate of drug-likeness (QED) is 0.671. The number of Topliss-reactive ketones (excluding diaryl/α,β-unsaturated/α-hetero) is 1. The maximum atomic E-state index is 12.2. The normalized spacial score (nSPS) is 13.7. The van der Waals surface area contributed by atoms with E-state index < -0.39 is 5.63 Å². The second kappa shape index (κ2) is 6.37. The molecule has 0 unspecified atom stereocenters. The number of ketones is 1. The molecule has 0 aliphatic carbocycles. The summed E-state index contributed by atoms with van der Waals surface area (Å²) in [6.07, 6.45) is 3.57. The third-order valence-corrected chi connectivity index (χ3v) is 4.10. The molecule has 0 radical (unpaired) electrons. The van der Waals surface area contributed by atoms with Gasteiger partial charge in [0.1, 0.15) is 0 Å². The lowest BCUT2D eigenvalue weighted by Gasteiger charge is -2.11. The molecule has 2 heterocycles. The summed E-state index contributed by atoms with van der Waals surface area (Å²) in [6, 6.07) is 14.2. The maximum absolute atomic E-state index is 12.2. The van der Waals surface area contributed by atoms with E-state index in [9.17, 15) is 9.59 Å². The number of para-hydroxylation sites is 2. The van der Waals surface area contributed by atoms with E-state index in [1.54, 1.807) is 48.6 Å². The van der Waals surface area contributed by atoms with Crippen molar-refractivity contribution in [3.8, 4) is 0 Å². The fourth-order valence-electron chi connectivity index (χ4n) is 2.78. The number of nitrogens with zero attached hydrogens (tertiary/aromatic N) is 2. The molecule has 5 heteroatoms. The van der Waals surface area contributed by atoms with Crippen LogP contribution in [0, 0.1) is 0 Å². The molecule has 1 aromatic heterocycles. The van der Waals surface area contributed by atoms with E-state index in [4.69, 9.17) is 4.42 Å². The summed E-state index contributed by atoms with van der Waals surface area (Å²) in [7, 11) is 0. The minimum atomic E-state index is -0.459. The Morgan fingerprint density at radius 1 is 1.08 bits per heavy atom. The summed E-state index contributed by atoms with van der Waals surface area (Å²) in [5.74, 6) is 0.171. The van der Waals surface area contributed by atoms with E-state index in [1.807, 2.05) is 12.1 Å². The Hall–Kier alpha value is -3.60. The highest BCUT2D eigenvalue weighted by molar-refractivity contribution is 6.19. The molecule has 2 aromatic carbocycles. The molecule has 0 atom stereocenters. The molecule has 0 spiro atoms. The molecular weight excluding hydrogens is 328 g/mol. The first kappa shape index (κ1) is 15.9. The van der Waals surface area contributed by atoms with Gasteiger partial charge in [-0.25, -0.2) is 9.78 Å². The Morgan fingerprint density at radius 3 is 2.73 bits per heavy atom. The largest absolute Gasteiger partial charge is 0.403 e. The molecule has 4 rings (SSSR count). The van der Waals surface area contributed by atoms with Gasteiger partial charge in [0.15, 0.2) is 5.78 Å². The smallest absolute Gasteiger partial charge is 0.347 e. The summed E-state index contributed by atoms with van der Waals surface area (Å²) in [5.41, 5.74) is 2.43. The lowest BCUT2D eigenvalue weighted by molar-refractivity contribution is 0.1000. The van der Waals surface area contributed by atoms with E-state index in [2.05, 4.69) is 16.6 Å². The molecule has 26 heavy (non-hydrogen) atoms. The van der Waals surface area contributed by atoms with Crippen molar-refractivity contribution in [3.63, 3.8) is 0 Å². The first-order valence-corrected chi connectivity index (χ1v) is 8.09. The fraction of sp³-hybridized carbons (Fsp3) is 0.0476. The van der Waals surface area contributed by atoms with Crippen LogP contribution in [0.15, 0.2) is 81.5 Å². The third-order valence-electron chi connectivity index (χ3n) is 4.10. The highest BCUT2D eigenvalue weighted by Gasteiger charge is 2.18. The fourth-order valence-corrected chi connectivity index (χ4v) is 2.78. The van der Waals surface area contributed by atoms with E-state index in [0.29, 0.717) is 33.4 Å². The predicted octanol–water partition coefficient (Wildman–Crippen LogP) is 4.12. The first-order valence-electron chi connectivity index (χ1n) is 8.09. The van der Waals surface area contributed by atoms with Crippen LogP contribution in [0.25, 0.3) is 16.5 Å². The molecule has 126 valence electrons. The second-order valence-electron chi connectivity index (χ2n) is 5.90. The Bertz CT molecular complexity index is 1170. The van der Waals surface area contributed by atoms with Gasteiger partial charge in [-0.2, -0.15) is 0 Å². The Balaban J connectivity index is 1.64. The number of rotatable bonds is 3. The molecule has 3 aromatic rings. The zero-order valence-electron chi connectivity index (χ0n) is 13.8. The molecule has 0 bridgehead atoms. The highest BCUT2D eigenvalue weighted by Crippen LogP contribution is 2.26. The molecule has 0 saturated heterocycles. The van der Waals surface area contributed by atoms with Crippen LogP contribution >= 0.6 is 0 Å². The standard InChI is InChI=1S/C21H14N2O3/c1-13(20-23-18-9-5-3-7-16(18)21(25)26-20)10-11-14-12-19(24)15-6-2-4-8-17(15)22-14/h2-11H,1,12H2/b11-10+. The van der Waals surface area contributed by atoms with Crippen LogP contribution in [0.1, 0.15) is 22.7 Å². The van der Waals surface area contributed by atoms with Gasteiger partial charge >= 0.3 is 5.63 Å². The first-order chi connectivity index (χ1) is 12.6. The number of aromatic nitrogens is 1. The monoisotopic (exact) mass is 342 g/mol. The molecule has 0 N–H and O–H groups in total. The second-order valence-corrected chi connectivity index (χ2v) is 5.90. The van der Waals surface area contributed by atoms with Gasteiger partial charge in [0.2, 0.25) is 5.89 Å². The lowest BCUT2D eigenvalue weighted by atomic mass is 10.00. The van der Waals surface area contributed by atoms with Crippen LogP contribution < -0.4 is 5.63 Å². The summed E-state index contributed by atoms with van der Waals surface area (Å²) < 4.78 is 5.25. The molecule has 1 aliphatic heterocycles. The Morgan fingerprint density at radius 2 is 1.85 bits per heavy atom. The summed E-state index contributed by atoms with van der Waals surface area (Å²) >= 11 is 0. The van der Waals surface area contributed by atoms with E-state index in [1.165, 1.54) is 0 Å². The molecule has 5 nitrogen and oxygen atoms in total.